The van der Waals surface area contributed by atoms with E-state index in [0.717, 1.165) is 6.42 Å². The van der Waals surface area contributed by atoms with Crippen molar-refractivity contribution in [1.82, 2.24) is 0 Å². The molecule has 0 amide bonds. The summed E-state index contributed by atoms with van der Waals surface area (Å²) >= 11 is 0. The van der Waals surface area contributed by atoms with Gasteiger partial charge in [-0.1, -0.05) is 38.3 Å². The molecule has 0 unspecified atom stereocenters. The summed E-state index contributed by atoms with van der Waals surface area (Å²) in [5, 5.41) is 10.2. The molecule has 2 aliphatic rings. The maximum absolute atomic E-state index is 10.2. The predicted octanol–water partition coefficient (Wildman–Crippen LogP) is 2.89. The van der Waals surface area contributed by atoms with Gasteiger partial charge in [-0.15, -0.1) is 0 Å². The Balaban J connectivity index is 1.96. The van der Waals surface area contributed by atoms with Crippen molar-refractivity contribution < 1.29 is 5.11 Å². The molecule has 0 aromatic carbocycles. The Morgan fingerprint density at radius 1 is 1.38 bits per heavy atom. The first-order chi connectivity index (χ1) is 6.14. The van der Waals surface area contributed by atoms with E-state index in [1.54, 1.807) is 0 Å². The Hall–Kier alpha value is -0.300. The van der Waals surface area contributed by atoms with Gasteiger partial charge in [0, 0.05) is 5.41 Å². The quantitative estimate of drug-likeness (QED) is 0.648. The first-order valence-corrected chi connectivity index (χ1v) is 5.51. The summed E-state index contributed by atoms with van der Waals surface area (Å²) in [6.07, 6.45) is 7.37. The van der Waals surface area contributed by atoms with Gasteiger partial charge in [0.1, 0.15) is 0 Å². The van der Waals surface area contributed by atoms with Gasteiger partial charge in [-0.2, -0.15) is 0 Å². The third-order valence-corrected chi connectivity index (χ3v) is 4.01. The van der Waals surface area contributed by atoms with E-state index in [2.05, 4.69) is 13.5 Å². The maximum atomic E-state index is 10.2. The van der Waals surface area contributed by atoms with Crippen LogP contribution in [-0.2, 0) is 0 Å². The summed E-state index contributed by atoms with van der Waals surface area (Å²) in [5.74, 6) is 0.554. The van der Waals surface area contributed by atoms with Gasteiger partial charge in [-0.3, -0.25) is 0 Å². The Morgan fingerprint density at radius 2 is 1.92 bits per heavy atom. The van der Waals surface area contributed by atoms with Crippen LogP contribution in [0.25, 0.3) is 0 Å². The highest BCUT2D eigenvalue weighted by Crippen LogP contribution is 2.56. The smallest absolute Gasteiger partial charge is 0.0661 e. The zero-order valence-electron chi connectivity index (χ0n) is 8.55. The fourth-order valence-electron chi connectivity index (χ4n) is 2.68. The van der Waals surface area contributed by atoms with Crippen molar-refractivity contribution in [2.24, 2.45) is 11.3 Å². The minimum atomic E-state index is -0.111. The van der Waals surface area contributed by atoms with Crippen LogP contribution in [0.5, 0.6) is 0 Å². The Morgan fingerprint density at radius 3 is 2.38 bits per heavy atom. The molecule has 2 saturated carbocycles. The third-order valence-electron chi connectivity index (χ3n) is 4.01. The second-order valence-electron chi connectivity index (χ2n) is 5.04. The molecule has 0 spiro atoms. The standard InChI is InChI=1S/C12H20O/c1-9-8-12(9,2)11(13)10-6-4-3-5-7-10/h10-11,13H,1,3-8H2,2H3/t11-,12+/m0/s1. The lowest BCUT2D eigenvalue weighted by atomic mass is 9.79. The van der Waals surface area contributed by atoms with Crippen LogP contribution in [0.15, 0.2) is 12.2 Å². The molecule has 0 bridgehead atoms. The molecule has 1 N–H and O–H groups in total. The topological polar surface area (TPSA) is 20.2 Å². The van der Waals surface area contributed by atoms with Crippen LogP contribution in [0.4, 0.5) is 0 Å². The van der Waals surface area contributed by atoms with Crippen LogP contribution in [0.3, 0.4) is 0 Å². The molecule has 1 heteroatoms. The molecule has 13 heavy (non-hydrogen) atoms. The lowest BCUT2D eigenvalue weighted by molar-refractivity contribution is 0.0341. The largest absolute Gasteiger partial charge is 0.392 e. The van der Waals surface area contributed by atoms with Crippen LogP contribution >= 0.6 is 0 Å². The van der Waals surface area contributed by atoms with Crippen molar-refractivity contribution in [2.45, 2.75) is 51.6 Å². The summed E-state index contributed by atoms with van der Waals surface area (Å²) < 4.78 is 0. The van der Waals surface area contributed by atoms with E-state index in [4.69, 9.17) is 0 Å². The highest BCUT2D eigenvalue weighted by atomic mass is 16.3. The van der Waals surface area contributed by atoms with Crippen molar-refractivity contribution in [3.63, 3.8) is 0 Å². The molecule has 74 valence electrons. The minimum absolute atomic E-state index is 0.0853. The first kappa shape index (κ1) is 9.26. The zero-order chi connectivity index (χ0) is 9.47. The summed E-state index contributed by atoms with van der Waals surface area (Å²) in [6.45, 7) is 6.14. The molecule has 2 atom stereocenters. The second kappa shape index (κ2) is 3.13. The lowest BCUT2D eigenvalue weighted by Gasteiger charge is -2.30. The molecule has 1 nitrogen and oxygen atoms in total. The molecule has 0 heterocycles. The van der Waals surface area contributed by atoms with Crippen LogP contribution in [0.2, 0.25) is 0 Å². The summed E-state index contributed by atoms with van der Waals surface area (Å²) in [6, 6.07) is 0. The van der Waals surface area contributed by atoms with Gasteiger partial charge < -0.3 is 5.11 Å². The van der Waals surface area contributed by atoms with E-state index in [1.165, 1.54) is 37.7 Å². The van der Waals surface area contributed by atoms with Crippen molar-refractivity contribution in [1.29, 1.82) is 0 Å². The van der Waals surface area contributed by atoms with Gasteiger partial charge in [0.05, 0.1) is 6.10 Å². The van der Waals surface area contributed by atoms with Crippen LogP contribution in [0.1, 0.15) is 45.4 Å². The second-order valence-corrected chi connectivity index (χ2v) is 5.04. The molecule has 2 fully saturated rings. The Kier molecular flexibility index (Phi) is 2.23. The van der Waals surface area contributed by atoms with Gasteiger partial charge in [0.2, 0.25) is 0 Å². The molecule has 0 aromatic heterocycles. The fraction of sp³-hybridized carbons (Fsp3) is 0.833. The predicted molar refractivity (Wildman–Crippen MR) is 54.4 cm³/mol. The monoisotopic (exact) mass is 180 g/mol. The molecule has 0 saturated heterocycles. The molecule has 2 aliphatic carbocycles. The summed E-state index contributed by atoms with van der Waals surface area (Å²) in [4.78, 5) is 0. The maximum Gasteiger partial charge on any atom is 0.0661 e. The number of hydrogen-bond donors (Lipinski definition) is 1. The van der Waals surface area contributed by atoms with E-state index in [0.29, 0.717) is 5.92 Å². The van der Waals surface area contributed by atoms with E-state index in [-0.39, 0.29) is 11.5 Å². The molecular formula is C12H20O. The highest BCUT2D eigenvalue weighted by Gasteiger charge is 2.50. The van der Waals surface area contributed by atoms with E-state index in [9.17, 15) is 5.11 Å². The lowest BCUT2D eigenvalue weighted by Crippen LogP contribution is -2.30. The van der Waals surface area contributed by atoms with E-state index < -0.39 is 0 Å². The van der Waals surface area contributed by atoms with Gasteiger partial charge in [0.25, 0.3) is 0 Å². The number of rotatable bonds is 2. The fourth-order valence-corrected chi connectivity index (χ4v) is 2.68. The number of aliphatic hydroxyl groups is 1. The van der Waals surface area contributed by atoms with Crippen molar-refractivity contribution in [2.75, 3.05) is 0 Å². The minimum Gasteiger partial charge on any atom is -0.392 e. The molecule has 0 aliphatic heterocycles. The Labute approximate surface area is 80.8 Å². The van der Waals surface area contributed by atoms with E-state index >= 15 is 0 Å². The van der Waals surface area contributed by atoms with Crippen LogP contribution < -0.4 is 0 Å². The van der Waals surface area contributed by atoms with Crippen LogP contribution in [0, 0.1) is 11.3 Å². The number of aliphatic hydroxyl groups excluding tert-OH is 1. The summed E-state index contributed by atoms with van der Waals surface area (Å²) in [7, 11) is 0. The molecule has 0 radical (unpaired) electrons. The highest BCUT2D eigenvalue weighted by molar-refractivity contribution is 5.30. The normalized spacial score (nSPS) is 37.5. The van der Waals surface area contributed by atoms with Crippen molar-refractivity contribution >= 4 is 0 Å². The van der Waals surface area contributed by atoms with Gasteiger partial charge >= 0.3 is 0 Å². The van der Waals surface area contributed by atoms with Gasteiger partial charge in [0.15, 0.2) is 0 Å². The van der Waals surface area contributed by atoms with Gasteiger partial charge in [-0.25, -0.2) is 0 Å². The summed E-state index contributed by atoms with van der Waals surface area (Å²) in [5.41, 5.74) is 1.34. The average Bonchev–Trinajstić information content (AvgIpc) is 2.76. The van der Waals surface area contributed by atoms with Gasteiger partial charge in [-0.05, 0) is 25.2 Å². The first-order valence-electron chi connectivity index (χ1n) is 5.51. The van der Waals surface area contributed by atoms with Crippen molar-refractivity contribution in [3.05, 3.63) is 12.2 Å². The molecule has 0 aromatic rings. The van der Waals surface area contributed by atoms with E-state index in [1.807, 2.05) is 0 Å². The van der Waals surface area contributed by atoms with Crippen molar-refractivity contribution in [3.8, 4) is 0 Å². The Bertz CT molecular complexity index is 215. The third kappa shape index (κ3) is 1.54. The average molecular weight is 180 g/mol. The zero-order valence-corrected chi connectivity index (χ0v) is 8.55. The van der Waals surface area contributed by atoms with Crippen LogP contribution in [-0.4, -0.2) is 11.2 Å². The molecule has 2 rings (SSSR count). The SMILES string of the molecule is C=C1C[C@@]1(C)[C@@H](O)C1CCCCC1. The number of hydrogen-bond acceptors (Lipinski definition) is 1. The molecular weight excluding hydrogens is 160 g/mol.